The van der Waals surface area contributed by atoms with Crippen molar-refractivity contribution >= 4 is 5.97 Å². The van der Waals surface area contributed by atoms with Gasteiger partial charge in [0.05, 0.1) is 11.5 Å². The highest BCUT2D eigenvalue weighted by Gasteiger charge is 2.55. The summed E-state index contributed by atoms with van der Waals surface area (Å²) >= 11 is 0. The Labute approximate surface area is 107 Å². The van der Waals surface area contributed by atoms with Gasteiger partial charge >= 0.3 is 5.97 Å². The van der Waals surface area contributed by atoms with E-state index in [1.165, 1.54) is 0 Å². The number of aliphatic hydroxyl groups is 1. The van der Waals surface area contributed by atoms with E-state index < -0.39 is 5.60 Å². The van der Waals surface area contributed by atoms with E-state index in [2.05, 4.69) is 12.7 Å². The Kier molecular flexibility index (Phi) is 2.33. The van der Waals surface area contributed by atoms with Crippen LogP contribution in [0.1, 0.15) is 26.7 Å². The maximum Gasteiger partial charge on any atom is 0.334 e. The Bertz CT molecular complexity index is 500. The molecule has 0 aromatic carbocycles. The fourth-order valence-corrected chi connectivity index (χ4v) is 3.57. The van der Waals surface area contributed by atoms with Crippen molar-refractivity contribution in [2.45, 2.75) is 38.4 Å². The maximum atomic E-state index is 11.7. The highest BCUT2D eigenvalue weighted by Crippen LogP contribution is 2.50. The van der Waals surface area contributed by atoms with Gasteiger partial charge < -0.3 is 9.84 Å². The van der Waals surface area contributed by atoms with E-state index in [1.54, 1.807) is 0 Å². The second-order valence-corrected chi connectivity index (χ2v) is 5.68. The van der Waals surface area contributed by atoms with Gasteiger partial charge in [-0.25, -0.2) is 4.79 Å². The van der Waals surface area contributed by atoms with Gasteiger partial charge in [0.2, 0.25) is 0 Å². The number of hydrogen-bond acceptors (Lipinski definition) is 3. The predicted octanol–water partition coefficient (Wildman–Crippen LogP) is 2.13. The zero-order valence-corrected chi connectivity index (χ0v) is 10.8. The average molecular weight is 246 g/mol. The lowest BCUT2D eigenvalue weighted by atomic mass is 9.76. The van der Waals surface area contributed by atoms with Crippen LogP contribution in [-0.4, -0.2) is 22.8 Å². The molecule has 1 fully saturated rings. The first-order valence-corrected chi connectivity index (χ1v) is 6.41. The Morgan fingerprint density at radius 1 is 1.44 bits per heavy atom. The number of rotatable bonds is 0. The molecule has 1 aliphatic heterocycles. The fourth-order valence-electron chi connectivity index (χ4n) is 3.57. The van der Waals surface area contributed by atoms with Crippen LogP contribution >= 0.6 is 0 Å². The van der Waals surface area contributed by atoms with E-state index in [4.69, 9.17) is 4.74 Å². The molecule has 0 radical (unpaired) electrons. The smallest absolute Gasteiger partial charge is 0.334 e. The van der Waals surface area contributed by atoms with Gasteiger partial charge in [-0.15, -0.1) is 0 Å². The Morgan fingerprint density at radius 3 is 2.89 bits per heavy atom. The van der Waals surface area contributed by atoms with E-state index in [1.807, 2.05) is 19.9 Å². The zero-order valence-electron chi connectivity index (χ0n) is 10.8. The van der Waals surface area contributed by atoms with Crippen LogP contribution in [0.4, 0.5) is 0 Å². The van der Waals surface area contributed by atoms with Crippen LogP contribution in [0.5, 0.6) is 0 Å². The quantitative estimate of drug-likeness (QED) is 0.404. The number of carbonyl (C=O) groups excluding carboxylic acids is 1. The van der Waals surface area contributed by atoms with Crippen molar-refractivity contribution in [3.8, 4) is 0 Å². The van der Waals surface area contributed by atoms with E-state index in [9.17, 15) is 9.90 Å². The average Bonchev–Trinajstić information content (AvgIpc) is 2.73. The number of allylic oxidation sites excluding steroid dienone is 1. The normalized spacial score (nSPS) is 42.7. The molecule has 0 amide bonds. The summed E-state index contributed by atoms with van der Waals surface area (Å²) in [5, 5.41) is 10.9. The summed E-state index contributed by atoms with van der Waals surface area (Å²) < 4.78 is 5.48. The Hall–Kier alpha value is -1.35. The molecule has 1 heterocycles. The number of fused-ring (bicyclic) bond motifs is 3. The minimum atomic E-state index is -0.881. The first kappa shape index (κ1) is 11.7. The topological polar surface area (TPSA) is 46.5 Å². The molecule has 18 heavy (non-hydrogen) atoms. The van der Waals surface area contributed by atoms with E-state index in [0.29, 0.717) is 12.0 Å². The Morgan fingerprint density at radius 2 is 2.17 bits per heavy atom. The minimum absolute atomic E-state index is 0.00734. The van der Waals surface area contributed by atoms with Crippen LogP contribution in [0.15, 0.2) is 35.5 Å². The summed E-state index contributed by atoms with van der Waals surface area (Å²) in [4.78, 5) is 11.7. The molecule has 3 nitrogen and oxygen atoms in total. The molecule has 3 rings (SSSR count). The van der Waals surface area contributed by atoms with Crippen LogP contribution in [0, 0.1) is 11.8 Å². The van der Waals surface area contributed by atoms with Gasteiger partial charge in [0.25, 0.3) is 0 Å². The summed E-state index contributed by atoms with van der Waals surface area (Å²) in [7, 11) is 0. The summed E-state index contributed by atoms with van der Waals surface area (Å²) in [6, 6.07) is 0. The van der Waals surface area contributed by atoms with Gasteiger partial charge in [0.15, 0.2) is 0 Å². The van der Waals surface area contributed by atoms with Crippen molar-refractivity contribution in [3.63, 3.8) is 0 Å². The summed E-state index contributed by atoms with van der Waals surface area (Å²) in [5.41, 5.74) is 1.77. The van der Waals surface area contributed by atoms with Crippen molar-refractivity contribution in [2.24, 2.45) is 11.8 Å². The van der Waals surface area contributed by atoms with Gasteiger partial charge in [-0.1, -0.05) is 24.3 Å². The van der Waals surface area contributed by atoms with Gasteiger partial charge in [-0.3, -0.25) is 0 Å². The van der Waals surface area contributed by atoms with Crippen molar-refractivity contribution in [1.29, 1.82) is 0 Å². The van der Waals surface area contributed by atoms with E-state index in [-0.39, 0.29) is 23.9 Å². The molecule has 3 aliphatic rings. The first-order chi connectivity index (χ1) is 8.45. The van der Waals surface area contributed by atoms with Gasteiger partial charge in [0, 0.05) is 11.5 Å². The molecule has 0 saturated carbocycles. The molecule has 1 N–H and O–H groups in total. The third kappa shape index (κ3) is 1.31. The lowest BCUT2D eigenvalue weighted by Crippen LogP contribution is -2.43. The van der Waals surface area contributed by atoms with Crippen LogP contribution in [-0.2, 0) is 9.53 Å². The molecular weight excluding hydrogens is 228 g/mol. The van der Waals surface area contributed by atoms with E-state index in [0.717, 1.165) is 17.6 Å². The van der Waals surface area contributed by atoms with Crippen LogP contribution < -0.4 is 0 Å². The number of carbonyl (C=O) groups is 1. The molecule has 0 aromatic heterocycles. The van der Waals surface area contributed by atoms with Crippen molar-refractivity contribution in [3.05, 3.63) is 35.5 Å². The molecular formula is C15H18O3. The molecule has 0 spiro atoms. The maximum absolute atomic E-state index is 11.7. The second-order valence-electron chi connectivity index (χ2n) is 5.68. The second kappa shape index (κ2) is 3.58. The third-order valence-electron chi connectivity index (χ3n) is 4.78. The first-order valence-electron chi connectivity index (χ1n) is 6.41. The van der Waals surface area contributed by atoms with Gasteiger partial charge in [0.1, 0.15) is 6.10 Å². The third-order valence-corrected chi connectivity index (χ3v) is 4.78. The molecule has 0 bridgehead atoms. The fraction of sp³-hybridized carbons (Fsp3) is 0.533. The monoisotopic (exact) mass is 246 g/mol. The molecule has 4 atom stereocenters. The van der Waals surface area contributed by atoms with Crippen molar-refractivity contribution in [1.82, 2.24) is 0 Å². The van der Waals surface area contributed by atoms with Crippen molar-refractivity contribution in [2.75, 3.05) is 0 Å². The lowest BCUT2D eigenvalue weighted by Gasteiger charge is -2.35. The molecule has 96 valence electrons. The SMILES string of the molecule is C=C1C(=O)O[C@@H]2[C@H]3C(C)=CC[C@@]3(O)C(C)=CC[C@@H]12. The van der Waals surface area contributed by atoms with Crippen LogP contribution in [0.2, 0.25) is 0 Å². The standard InChI is InChI=1S/C15H18O3/c1-8-6-7-15(17)9(2)4-5-11-10(3)14(16)18-13(11)12(8)15/h4,6,11-13,17H,3,5,7H2,1-2H3/t11-,12+,13-,15+/m0/s1. The summed E-state index contributed by atoms with van der Waals surface area (Å²) in [6.45, 7) is 7.81. The highest BCUT2D eigenvalue weighted by molar-refractivity contribution is 5.91. The van der Waals surface area contributed by atoms with E-state index >= 15 is 0 Å². The number of hydrogen-bond donors (Lipinski definition) is 1. The molecule has 2 aliphatic carbocycles. The molecule has 0 unspecified atom stereocenters. The summed E-state index contributed by atoms with van der Waals surface area (Å²) in [6.07, 6.45) is 5.17. The van der Waals surface area contributed by atoms with Crippen molar-refractivity contribution < 1.29 is 14.6 Å². The van der Waals surface area contributed by atoms with Gasteiger partial charge in [-0.05, 0) is 32.3 Å². The predicted molar refractivity (Wildman–Crippen MR) is 67.7 cm³/mol. The van der Waals surface area contributed by atoms with Crippen LogP contribution in [0.25, 0.3) is 0 Å². The zero-order chi connectivity index (χ0) is 13.1. The molecule has 0 aromatic rings. The largest absolute Gasteiger partial charge is 0.458 e. The molecule has 1 saturated heterocycles. The van der Waals surface area contributed by atoms with Crippen LogP contribution in [0.3, 0.4) is 0 Å². The Balaban J connectivity index is 2.09. The molecule has 3 heteroatoms. The summed E-state index contributed by atoms with van der Waals surface area (Å²) in [5.74, 6) is -0.419. The number of ether oxygens (including phenoxy) is 1. The minimum Gasteiger partial charge on any atom is -0.458 e. The number of esters is 1. The highest BCUT2D eigenvalue weighted by atomic mass is 16.6. The van der Waals surface area contributed by atoms with Gasteiger partial charge in [-0.2, -0.15) is 0 Å². The lowest BCUT2D eigenvalue weighted by molar-refractivity contribution is -0.143.